The largest absolute Gasteiger partial charge is 0.239 e. The maximum absolute atomic E-state index is 8.94. The van der Waals surface area contributed by atoms with E-state index >= 15 is 0 Å². The van der Waals surface area contributed by atoms with Gasteiger partial charge >= 0.3 is 0 Å². The van der Waals surface area contributed by atoms with Gasteiger partial charge in [0.2, 0.25) is 0 Å². The molecule has 0 spiro atoms. The van der Waals surface area contributed by atoms with Crippen LogP contribution in [0.15, 0.2) is 34.8 Å². The summed E-state index contributed by atoms with van der Waals surface area (Å²) in [7, 11) is 0. The minimum Gasteiger partial charge on any atom is -0.239 e. The molecule has 0 aliphatic rings. The first-order valence-corrected chi connectivity index (χ1v) is 6.12. The van der Waals surface area contributed by atoms with E-state index in [1.165, 1.54) is 0 Å². The van der Waals surface area contributed by atoms with Gasteiger partial charge in [0.1, 0.15) is 11.2 Å². The third-order valence-electron chi connectivity index (χ3n) is 2.44. The van der Waals surface area contributed by atoms with Crippen LogP contribution in [0.1, 0.15) is 11.3 Å². The van der Waals surface area contributed by atoms with Crippen LogP contribution in [0.3, 0.4) is 0 Å². The molecule has 0 N–H and O–H groups in total. The lowest BCUT2D eigenvalue weighted by atomic mass is 10.0. The first kappa shape index (κ1) is 12.1. The van der Waals surface area contributed by atoms with Crippen LogP contribution in [0.25, 0.3) is 11.1 Å². The number of nitriles is 1. The Bertz CT molecular complexity index is 600. The molecule has 0 saturated carbocycles. The van der Waals surface area contributed by atoms with Crippen LogP contribution in [0, 0.1) is 18.3 Å². The fraction of sp³-hybridized carbons (Fsp3) is 0.0769. The molecule has 0 bridgehead atoms. The highest BCUT2D eigenvalue weighted by Gasteiger charge is 2.08. The van der Waals surface area contributed by atoms with Gasteiger partial charge in [0.15, 0.2) is 0 Å². The summed E-state index contributed by atoms with van der Waals surface area (Å²) in [6, 6.07) is 11.7. The molecule has 0 saturated heterocycles. The van der Waals surface area contributed by atoms with Crippen molar-refractivity contribution in [1.82, 2.24) is 4.98 Å². The Morgan fingerprint density at radius 1 is 1.29 bits per heavy atom. The van der Waals surface area contributed by atoms with Crippen LogP contribution in [0.2, 0.25) is 5.15 Å². The maximum atomic E-state index is 8.94. The molecule has 84 valence electrons. The highest BCUT2D eigenvalue weighted by atomic mass is 79.9. The molecule has 1 aromatic carbocycles. The molecule has 0 amide bonds. The van der Waals surface area contributed by atoms with E-state index in [1.54, 1.807) is 6.07 Å². The molecule has 17 heavy (non-hydrogen) atoms. The Morgan fingerprint density at radius 2 is 1.94 bits per heavy atom. The van der Waals surface area contributed by atoms with Crippen LogP contribution in [-0.4, -0.2) is 4.98 Å². The lowest BCUT2D eigenvalue weighted by molar-refractivity contribution is 1.19. The fourth-order valence-corrected chi connectivity index (χ4v) is 2.06. The Labute approximate surface area is 113 Å². The van der Waals surface area contributed by atoms with Crippen LogP contribution in [0.5, 0.6) is 0 Å². The second kappa shape index (κ2) is 4.87. The van der Waals surface area contributed by atoms with Crippen LogP contribution in [-0.2, 0) is 0 Å². The molecule has 1 aromatic heterocycles. The number of benzene rings is 1. The second-order valence-corrected chi connectivity index (χ2v) is 4.85. The van der Waals surface area contributed by atoms with Gasteiger partial charge in [-0.05, 0) is 30.7 Å². The zero-order valence-corrected chi connectivity index (χ0v) is 11.4. The molecule has 4 heteroatoms. The molecule has 0 fully saturated rings. The number of aryl methyl sites for hydroxylation is 1. The normalized spacial score (nSPS) is 10.0. The van der Waals surface area contributed by atoms with Crippen LogP contribution in [0.4, 0.5) is 0 Å². The van der Waals surface area contributed by atoms with Crippen molar-refractivity contribution in [3.63, 3.8) is 0 Å². The molecule has 0 unspecified atom stereocenters. The number of hydrogen-bond donors (Lipinski definition) is 0. The second-order valence-electron chi connectivity index (χ2n) is 3.58. The SMILES string of the molecule is Cc1nc(Cl)c(C#N)cc1-c1ccc(Br)cc1. The highest BCUT2D eigenvalue weighted by molar-refractivity contribution is 9.10. The zero-order chi connectivity index (χ0) is 12.4. The molecule has 2 nitrogen and oxygen atoms in total. The summed E-state index contributed by atoms with van der Waals surface area (Å²) >= 11 is 9.26. The lowest BCUT2D eigenvalue weighted by Crippen LogP contribution is -1.92. The number of rotatable bonds is 1. The summed E-state index contributed by atoms with van der Waals surface area (Å²) < 4.78 is 1.02. The van der Waals surface area contributed by atoms with Gasteiger partial charge in [-0.15, -0.1) is 0 Å². The van der Waals surface area contributed by atoms with E-state index in [0.29, 0.717) is 5.56 Å². The predicted octanol–water partition coefficient (Wildman–Crippen LogP) is 4.34. The van der Waals surface area contributed by atoms with Crippen molar-refractivity contribution in [1.29, 1.82) is 5.26 Å². The summed E-state index contributed by atoms with van der Waals surface area (Å²) in [6.07, 6.45) is 0. The van der Waals surface area contributed by atoms with E-state index < -0.39 is 0 Å². The van der Waals surface area contributed by atoms with Crippen molar-refractivity contribution < 1.29 is 0 Å². The number of nitrogens with zero attached hydrogens (tertiary/aromatic N) is 2. The summed E-state index contributed by atoms with van der Waals surface area (Å²) in [4.78, 5) is 4.17. The molecule has 1 heterocycles. The van der Waals surface area contributed by atoms with Gasteiger partial charge < -0.3 is 0 Å². The Hall–Kier alpha value is -1.37. The smallest absolute Gasteiger partial charge is 0.147 e. The first-order valence-electron chi connectivity index (χ1n) is 4.95. The summed E-state index contributed by atoms with van der Waals surface area (Å²) in [6.45, 7) is 1.88. The summed E-state index contributed by atoms with van der Waals surface area (Å²) in [5.41, 5.74) is 3.16. The number of hydrogen-bond acceptors (Lipinski definition) is 2. The van der Waals surface area contributed by atoms with Crippen LogP contribution < -0.4 is 0 Å². The Balaban J connectivity index is 2.60. The van der Waals surface area contributed by atoms with E-state index in [1.807, 2.05) is 37.3 Å². The van der Waals surface area contributed by atoms with Gasteiger partial charge in [0.25, 0.3) is 0 Å². The Kier molecular flexibility index (Phi) is 3.46. The standard InChI is InChI=1S/C13H8BrClN2/c1-8-12(6-10(7-16)13(15)17-8)9-2-4-11(14)5-3-9/h2-6H,1H3. The van der Waals surface area contributed by atoms with Crippen molar-refractivity contribution in [2.24, 2.45) is 0 Å². The third kappa shape index (κ3) is 2.49. The van der Waals surface area contributed by atoms with Crippen molar-refractivity contribution >= 4 is 27.5 Å². The number of aromatic nitrogens is 1. The highest BCUT2D eigenvalue weighted by Crippen LogP contribution is 2.27. The molecule has 0 aliphatic carbocycles. The molecule has 2 aromatic rings. The van der Waals surface area contributed by atoms with Crippen molar-refractivity contribution in [2.75, 3.05) is 0 Å². The quantitative estimate of drug-likeness (QED) is 0.735. The van der Waals surface area contributed by atoms with Gasteiger partial charge in [-0.3, -0.25) is 0 Å². The molecule has 0 atom stereocenters. The van der Waals surface area contributed by atoms with Crippen molar-refractivity contribution in [3.05, 3.63) is 51.2 Å². The Morgan fingerprint density at radius 3 is 2.53 bits per heavy atom. The monoisotopic (exact) mass is 306 g/mol. The summed E-state index contributed by atoms with van der Waals surface area (Å²) in [5.74, 6) is 0. The molecule has 0 radical (unpaired) electrons. The van der Waals surface area contributed by atoms with Gasteiger partial charge in [-0.25, -0.2) is 4.98 Å². The molecule has 2 rings (SSSR count). The minimum atomic E-state index is 0.255. The molecular formula is C13H8BrClN2. The topological polar surface area (TPSA) is 36.7 Å². The number of halogens is 2. The van der Waals surface area contributed by atoms with Gasteiger partial charge in [0, 0.05) is 15.7 Å². The fourth-order valence-electron chi connectivity index (χ4n) is 1.58. The summed E-state index contributed by atoms with van der Waals surface area (Å²) in [5, 5.41) is 9.20. The van der Waals surface area contributed by atoms with E-state index in [9.17, 15) is 0 Å². The van der Waals surface area contributed by atoms with Crippen molar-refractivity contribution in [3.8, 4) is 17.2 Å². The first-order chi connectivity index (χ1) is 8.11. The van der Waals surface area contributed by atoms with Gasteiger partial charge in [-0.1, -0.05) is 39.7 Å². The average molecular weight is 308 g/mol. The molecule has 0 aliphatic heterocycles. The lowest BCUT2D eigenvalue weighted by Gasteiger charge is -2.07. The van der Waals surface area contributed by atoms with Gasteiger partial charge in [-0.2, -0.15) is 5.26 Å². The molecular weight excluding hydrogens is 300 g/mol. The van der Waals surface area contributed by atoms with Gasteiger partial charge in [0.05, 0.1) is 5.56 Å². The van der Waals surface area contributed by atoms with E-state index in [-0.39, 0.29) is 5.15 Å². The third-order valence-corrected chi connectivity index (χ3v) is 3.26. The van der Waals surface area contributed by atoms with E-state index in [2.05, 4.69) is 20.9 Å². The predicted molar refractivity (Wildman–Crippen MR) is 71.8 cm³/mol. The maximum Gasteiger partial charge on any atom is 0.147 e. The minimum absolute atomic E-state index is 0.255. The van der Waals surface area contributed by atoms with Crippen molar-refractivity contribution in [2.45, 2.75) is 6.92 Å². The average Bonchev–Trinajstić information content (AvgIpc) is 2.31. The van der Waals surface area contributed by atoms with E-state index in [4.69, 9.17) is 16.9 Å². The van der Waals surface area contributed by atoms with E-state index in [0.717, 1.165) is 21.3 Å². The van der Waals surface area contributed by atoms with Crippen LogP contribution >= 0.6 is 27.5 Å². The number of pyridine rings is 1. The zero-order valence-electron chi connectivity index (χ0n) is 9.04.